The van der Waals surface area contributed by atoms with E-state index in [9.17, 15) is 9.59 Å². The van der Waals surface area contributed by atoms with Crippen molar-refractivity contribution in [3.8, 4) is 0 Å². The molecule has 4 heterocycles. The Labute approximate surface area is 189 Å². The number of benzene rings is 1. The van der Waals surface area contributed by atoms with Crippen molar-refractivity contribution in [2.75, 3.05) is 13.1 Å². The second-order valence-electron chi connectivity index (χ2n) is 10.1. The maximum Gasteiger partial charge on any atom is 0.257 e. The van der Waals surface area contributed by atoms with E-state index in [1.165, 1.54) is 5.56 Å². The van der Waals surface area contributed by atoms with Gasteiger partial charge >= 0.3 is 0 Å². The molecule has 0 spiro atoms. The van der Waals surface area contributed by atoms with Gasteiger partial charge in [-0.25, -0.2) is 9.97 Å². The van der Waals surface area contributed by atoms with Crippen LogP contribution in [-0.4, -0.2) is 56.8 Å². The van der Waals surface area contributed by atoms with E-state index in [0.717, 1.165) is 50.9 Å². The molecule has 6 nitrogen and oxygen atoms in total. The van der Waals surface area contributed by atoms with Crippen molar-refractivity contribution in [1.29, 1.82) is 0 Å². The molecule has 2 aromatic rings. The molecule has 0 N–H and O–H groups in total. The van der Waals surface area contributed by atoms with Crippen molar-refractivity contribution in [2.45, 2.75) is 62.9 Å². The van der Waals surface area contributed by atoms with Crippen molar-refractivity contribution < 1.29 is 9.59 Å². The Morgan fingerprint density at radius 3 is 2.50 bits per heavy atom. The molecule has 4 atom stereocenters. The third-order valence-corrected chi connectivity index (χ3v) is 7.93. The van der Waals surface area contributed by atoms with Gasteiger partial charge in [0.1, 0.15) is 5.82 Å². The first kappa shape index (κ1) is 19.9. The number of hydrogen-bond acceptors (Lipinski definition) is 4. The first-order valence-corrected chi connectivity index (χ1v) is 12.1. The number of carbonyl (C=O) groups excluding carboxylic acids is 2. The van der Waals surface area contributed by atoms with Gasteiger partial charge < -0.3 is 9.80 Å². The minimum absolute atomic E-state index is 0.0381. The molecule has 3 saturated heterocycles. The topological polar surface area (TPSA) is 66.4 Å². The summed E-state index contributed by atoms with van der Waals surface area (Å²) in [6.07, 6.45) is 10.4. The lowest BCUT2D eigenvalue weighted by molar-refractivity contribution is -0.151. The molecule has 6 rings (SSSR count). The highest BCUT2D eigenvalue weighted by Gasteiger charge is 2.50. The zero-order valence-electron chi connectivity index (χ0n) is 18.4. The first-order chi connectivity index (χ1) is 15.7. The number of hydrogen-bond donors (Lipinski definition) is 0. The van der Waals surface area contributed by atoms with Gasteiger partial charge in [-0.15, -0.1) is 0 Å². The number of fused-ring (bicyclic) bond motifs is 4. The van der Waals surface area contributed by atoms with Crippen LogP contribution >= 0.6 is 0 Å². The maximum atomic E-state index is 13.4. The second kappa shape index (κ2) is 7.98. The Balaban J connectivity index is 1.26. The van der Waals surface area contributed by atoms with E-state index < -0.39 is 0 Å². The number of nitrogens with zero attached hydrogens (tertiary/aromatic N) is 4. The van der Waals surface area contributed by atoms with E-state index in [4.69, 9.17) is 0 Å². The average molecular weight is 431 g/mol. The maximum absolute atomic E-state index is 13.4. The number of amides is 2. The number of rotatable bonds is 4. The SMILES string of the molecule is O=C(c1cnc(C2CC2)nc1)N1C[C@H]2C[C@@H](C1)[C@H](Cc1ccccc1)N1C(=O)CCC[C@@H]21. The van der Waals surface area contributed by atoms with Gasteiger partial charge in [-0.3, -0.25) is 9.59 Å². The Bertz CT molecular complexity index is 1000. The first-order valence-electron chi connectivity index (χ1n) is 12.1. The molecule has 32 heavy (non-hydrogen) atoms. The van der Waals surface area contributed by atoms with Crippen LogP contribution in [0.3, 0.4) is 0 Å². The Morgan fingerprint density at radius 2 is 1.75 bits per heavy atom. The van der Waals surface area contributed by atoms with Crippen LogP contribution in [-0.2, 0) is 11.2 Å². The van der Waals surface area contributed by atoms with Crippen LogP contribution in [0, 0.1) is 11.8 Å². The fourth-order valence-electron chi connectivity index (χ4n) is 6.24. The highest BCUT2D eigenvalue weighted by atomic mass is 16.2. The van der Waals surface area contributed by atoms with Crippen molar-refractivity contribution in [2.24, 2.45) is 11.8 Å². The summed E-state index contributed by atoms with van der Waals surface area (Å²) in [6, 6.07) is 10.9. The van der Waals surface area contributed by atoms with Gasteiger partial charge in [0.15, 0.2) is 0 Å². The second-order valence-corrected chi connectivity index (χ2v) is 10.1. The van der Waals surface area contributed by atoms with E-state index in [-0.39, 0.29) is 18.0 Å². The zero-order valence-corrected chi connectivity index (χ0v) is 18.4. The molecule has 0 radical (unpaired) electrons. The van der Waals surface area contributed by atoms with E-state index in [0.29, 0.717) is 42.2 Å². The highest BCUT2D eigenvalue weighted by molar-refractivity contribution is 5.93. The number of piperidine rings is 3. The van der Waals surface area contributed by atoms with Crippen LogP contribution in [0.1, 0.15) is 66.2 Å². The van der Waals surface area contributed by atoms with Gasteiger partial charge in [0.2, 0.25) is 5.91 Å². The van der Waals surface area contributed by atoms with Crippen LogP contribution in [0.25, 0.3) is 0 Å². The molecule has 0 unspecified atom stereocenters. The summed E-state index contributed by atoms with van der Waals surface area (Å²) in [6.45, 7) is 1.43. The number of likely N-dealkylation sites (tertiary alicyclic amines) is 1. The van der Waals surface area contributed by atoms with E-state index in [1.807, 2.05) is 11.0 Å². The molecule has 4 fully saturated rings. The fraction of sp³-hybridized carbons (Fsp3) is 0.538. The van der Waals surface area contributed by atoms with Gasteiger partial charge in [0, 0.05) is 49.9 Å². The van der Waals surface area contributed by atoms with Crippen molar-refractivity contribution in [3.05, 3.63) is 59.7 Å². The van der Waals surface area contributed by atoms with E-state index in [1.54, 1.807) is 12.4 Å². The van der Waals surface area contributed by atoms with Crippen LogP contribution in [0.2, 0.25) is 0 Å². The lowest BCUT2D eigenvalue weighted by atomic mass is 9.70. The fourth-order valence-corrected chi connectivity index (χ4v) is 6.24. The molecule has 3 aliphatic heterocycles. The minimum atomic E-state index is 0.0381. The minimum Gasteiger partial charge on any atom is -0.338 e. The molecule has 6 heteroatoms. The normalized spacial score (nSPS) is 29.6. The lowest BCUT2D eigenvalue weighted by Crippen LogP contribution is -2.66. The Morgan fingerprint density at radius 1 is 1.00 bits per heavy atom. The van der Waals surface area contributed by atoms with Crippen molar-refractivity contribution in [3.63, 3.8) is 0 Å². The van der Waals surface area contributed by atoms with E-state index in [2.05, 4.69) is 39.1 Å². The van der Waals surface area contributed by atoms with Crippen molar-refractivity contribution >= 4 is 11.8 Å². The molecule has 166 valence electrons. The van der Waals surface area contributed by atoms with Gasteiger partial charge in [-0.05, 0) is 55.9 Å². The smallest absolute Gasteiger partial charge is 0.257 e. The van der Waals surface area contributed by atoms with Crippen molar-refractivity contribution in [1.82, 2.24) is 19.8 Å². The largest absolute Gasteiger partial charge is 0.338 e. The predicted molar refractivity (Wildman–Crippen MR) is 120 cm³/mol. The van der Waals surface area contributed by atoms with Gasteiger partial charge in [0.05, 0.1) is 5.56 Å². The summed E-state index contributed by atoms with van der Waals surface area (Å²) in [7, 11) is 0. The Kier molecular flexibility index (Phi) is 4.96. The molecule has 4 aliphatic rings. The predicted octanol–water partition coefficient (Wildman–Crippen LogP) is 3.44. The quantitative estimate of drug-likeness (QED) is 0.745. The molecular weight excluding hydrogens is 400 g/mol. The van der Waals surface area contributed by atoms with Crippen LogP contribution in [0.5, 0.6) is 0 Å². The average Bonchev–Trinajstić information content (AvgIpc) is 3.68. The third-order valence-electron chi connectivity index (χ3n) is 7.93. The van der Waals surface area contributed by atoms with Gasteiger partial charge in [-0.1, -0.05) is 30.3 Å². The summed E-state index contributed by atoms with van der Waals surface area (Å²) in [4.78, 5) is 39.6. The van der Waals surface area contributed by atoms with Crippen LogP contribution < -0.4 is 0 Å². The van der Waals surface area contributed by atoms with Gasteiger partial charge in [0.25, 0.3) is 5.91 Å². The monoisotopic (exact) mass is 430 g/mol. The summed E-state index contributed by atoms with van der Waals surface area (Å²) in [5.74, 6) is 2.37. The molecule has 2 bridgehead atoms. The molecular formula is C26H30N4O2. The molecule has 2 amide bonds. The Hall–Kier alpha value is -2.76. The number of carbonyl (C=O) groups is 2. The zero-order chi connectivity index (χ0) is 21.7. The standard InChI is InChI=1S/C26H30N4O2/c31-24-8-4-7-22-19-12-20(23(30(22)24)11-17-5-2-1-3-6-17)16-29(15-19)26(32)21-13-27-25(28-14-21)18-9-10-18/h1-3,5-6,13-14,18-20,22-23H,4,7-12,15-16H2/t19-,20+,22+,23+/m1/s1. The summed E-state index contributed by atoms with van der Waals surface area (Å²) in [5, 5.41) is 0. The van der Waals surface area contributed by atoms with Crippen LogP contribution in [0.4, 0.5) is 0 Å². The summed E-state index contributed by atoms with van der Waals surface area (Å²) in [5.41, 5.74) is 1.85. The third kappa shape index (κ3) is 3.59. The lowest BCUT2D eigenvalue weighted by Gasteiger charge is -2.56. The molecule has 1 saturated carbocycles. The van der Waals surface area contributed by atoms with Crippen LogP contribution in [0.15, 0.2) is 42.7 Å². The summed E-state index contributed by atoms with van der Waals surface area (Å²) >= 11 is 0. The molecule has 1 aliphatic carbocycles. The van der Waals surface area contributed by atoms with Gasteiger partial charge in [-0.2, -0.15) is 0 Å². The number of aromatic nitrogens is 2. The molecule has 1 aromatic carbocycles. The van der Waals surface area contributed by atoms with E-state index >= 15 is 0 Å². The summed E-state index contributed by atoms with van der Waals surface area (Å²) < 4.78 is 0. The highest BCUT2D eigenvalue weighted by Crippen LogP contribution is 2.43. The molecule has 1 aromatic heterocycles.